The Morgan fingerprint density at radius 2 is 2.00 bits per heavy atom. The number of rotatable bonds is 6. The molecule has 1 atom stereocenters. The average molecular weight is 301 g/mol. The van der Waals surface area contributed by atoms with Crippen LogP contribution in [0.25, 0.3) is 0 Å². The summed E-state index contributed by atoms with van der Waals surface area (Å²) in [6.07, 6.45) is 0.158. The summed E-state index contributed by atoms with van der Waals surface area (Å²) >= 11 is 0. The first-order chi connectivity index (χ1) is 10.5. The van der Waals surface area contributed by atoms with Gasteiger partial charge in [0.25, 0.3) is 5.91 Å². The summed E-state index contributed by atoms with van der Waals surface area (Å²) in [4.78, 5) is 11.9. The predicted octanol–water partition coefficient (Wildman–Crippen LogP) is 2.05. The standard InChI is InChI=1S/C17H23N3O2/c1-12-10-13(2)20(19-12)11-15-4-6-16(7-5-15)17(22)18-9-8-14(3)21/h4-7,10,14,21H,8-9,11H2,1-3H3,(H,18,22). The van der Waals surface area contributed by atoms with E-state index in [0.29, 0.717) is 25.1 Å². The molecule has 0 spiro atoms. The number of nitrogens with one attached hydrogen (secondary N) is 1. The van der Waals surface area contributed by atoms with Gasteiger partial charge in [-0.2, -0.15) is 5.10 Å². The van der Waals surface area contributed by atoms with Crippen molar-refractivity contribution < 1.29 is 9.90 Å². The van der Waals surface area contributed by atoms with Gasteiger partial charge >= 0.3 is 0 Å². The first-order valence-corrected chi connectivity index (χ1v) is 7.52. The maximum Gasteiger partial charge on any atom is 0.251 e. The molecule has 0 saturated carbocycles. The van der Waals surface area contributed by atoms with Crippen LogP contribution in [0, 0.1) is 13.8 Å². The van der Waals surface area contributed by atoms with E-state index in [2.05, 4.69) is 10.4 Å². The summed E-state index contributed by atoms with van der Waals surface area (Å²) in [6, 6.07) is 9.57. The van der Waals surface area contributed by atoms with Gasteiger partial charge in [-0.15, -0.1) is 0 Å². The lowest BCUT2D eigenvalue weighted by Crippen LogP contribution is -2.26. The molecule has 2 rings (SSSR count). The summed E-state index contributed by atoms with van der Waals surface area (Å²) < 4.78 is 1.95. The molecule has 2 N–H and O–H groups in total. The number of aryl methyl sites for hydroxylation is 2. The number of benzene rings is 1. The average Bonchev–Trinajstić information content (AvgIpc) is 2.77. The molecule has 1 heterocycles. The summed E-state index contributed by atoms with van der Waals surface area (Å²) in [7, 11) is 0. The van der Waals surface area contributed by atoms with E-state index in [0.717, 1.165) is 17.0 Å². The SMILES string of the molecule is Cc1cc(C)n(Cc2ccc(C(=O)NCCC(C)O)cc2)n1. The van der Waals surface area contributed by atoms with E-state index >= 15 is 0 Å². The number of nitrogens with zero attached hydrogens (tertiary/aromatic N) is 2. The minimum atomic E-state index is -0.400. The molecule has 2 aromatic rings. The molecule has 0 aliphatic carbocycles. The maximum atomic E-state index is 11.9. The van der Waals surface area contributed by atoms with E-state index in [1.807, 2.05) is 48.9 Å². The Kier molecular flexibility index (Phi) is 5.33. The van der Waals surface area contributed by atoms with Crippen LogP contribution in [0.15, 0.2) is 30.3 Å². The maximum absolute atomic E-state index is 11.9. The fourth-order valence-electron chi connectivity index (χ4n) is 2.27. The van der Waals surface area contributed by atoms with Crippen molar-refractivity contribution in [1.82, 2.24) is 15.1 Å². The van der Waals surface area contributed by atoms with Crippen LogP contribution in [-0.4, -0.2) is 33.4 Å². The Morgan fingerprint density at radius 1 is 1.32 bits per heavy atom. The molecule has 1 unspecified atom stereocenters. The molecule has 5 heteroatoms. The highest BCUT2D eigenvalue weighted by molar-refractivity contribution is 5.94. The van der Waals surface area contributed by atoms with Crippen LogP contribution >= 0.6 is 0 Å². The zero-order valence-corrected chi connectivity index (χ0v) is 13.3. The molecule has 1 amide bonds. The van der Waals surface area contributed by atoms with Gasteiger partial charge in [0.2, 0.25) is 0 Å². The van der Waals surface area contributed by atoms with Crippen LogP contribution in [-0.2, 0) is 6.54 Å². The highest BCUT2D eigenvalue weighted by atomic mass is 16.3. The fraction of sp³-hybridized carbons (Fsp3) is 0.412. The number of carbonyl (C=O) groups is 1. The second kappa shape index (κ2) is 7.22. The van der Waals surface area contributed by atoms with Crippen LogP contribution in [0.4, 0.5) is 0 Å². The highest BCUT2D eigenvalue weighted by Crippen LogP contribution is 2.09. The molecular weight excluding hydrogens is 278 g/mol. The molecule has 0 saturated heterocycles. The lowest BCUT2D eigenvalue weighted by Gasteiger charge is -2.08. The molecule has 1 aromatic heterocycles. The second-order valence-electron chi connectivity index (χ2n) is 5.68. The number of aliphatic hydroxyl groups is 1. The first-order valence-electron chi connectivity index (χ1n) is 7.52. The molecule has 1 aromatic carbocycles. The first kappa shape index (κ1) is 16.2. The van der Waals surface area contributed by atoms with E-state index in [4.69, 9.17) is 0 Å². The molecule has 0 radical (unpaired) electrons. The third-order valence-corrected chi connectivity index (χ3v) is 3.50. The van der Waals surface area contributed by atoms with Gasteiger partial charge in [0.1, 0.15) is 0 Å². The van der Waals surface area contributed by atoms with Gasteiger partial charge < -0.3 is 10.4 Å². The molecule has 118 valence electrons. The van der Waals surface area contributed by atoms with E-state index < -0.39 is 6.10 Å². The van der Waals surface area contributed by atoms with E-state index in [1.165, 1.54) is 0 Å². The van der Waals surface area contributed by atoms with E-state index in [9.17, 15) is 9.90 Å². The van der Waals surface area contributed by atoms with Crippen molar-refractivity contribution in [3.05, 3.63) is 52.8 Å². The van der Waals surface area contributed by atoms with E-state index in [-0.39, 0.29) is 5.91 Å². The summed E-state index contributed by atoms with van der Waals surface area (Å²) in [6.45, 7) is 6.89. The lowest BCUT2D eigenvalue weighted by molar-refractivity contribution is 0.0945. The van der Waals surface area contributed by atoms with E-state index in [1.54, 1.807) is 6.92 Å². The number of carbonyl (C=O) groups excluding carboxylic acids is 1. The Hall–Kier alpha value is -2.14. The molecular formula is C17H23N3O2. The molecule has 0 bridgehead atoms. The van der Waals surface area contributed by atoms with Crippen molar-refractivity contribution in [1.29, 1.82) is 0 Å². The van der Waals surface area contributed by atoms with Crippen LogP contribution < -0.4 is 5.32 Å². The minimum Gasteiger partial charge on any atom is -0.393 e. The number of hydrogen-bond donors (Lipinski definition) is 2. The van der Waals surface area contributed by atoms with Gasteiger partial charge in [0.15, 0.2) is 0 Å². The van der Waals surface area contributed by atoms with Gasteiger partial charge in [0.05, 0.1) is 18.3 Å². The van der Waals surface area contributed by atoms with Crippen LogP contribution in [0.5, 0.6) is 0 Å². The zero-order chi connectivity index (χ0) is 16.1. The van der Waals surface area contributed by atoms with Crippen molar-refractivity contribution in [2.75, 3.05) is 6.54 Å². The van der Waals surface area contributed by atoms with Crippen LogP contribution in [0.3, 0.4) is 0 Å². The minimum absolute atomic E-state index is 0.113. The number of amides is 1. The molecule has 5 nitrogen and oxygen atoms in total. The van der Waals surface area contributed by atoms with Gasteiger partial charge in [-0.3, -0.25) is 9.48 Å². The Morgan fingerprint density at radius 3 is 2.55 bits per heavy atom. The number of aromatic nitrogens is 2. The van der Waals surface area contributed by atoms with Crippen molar-refractivity contribution in [3.8, 4) is 0 Å². The van der Waals surface area contributed by atoms with Crippen molar-refractivity contribution in [2.24, 2.45) is 0 Å². The van der Waals surface area contributed by atoms with Crippen LogP contribution in [0.1, 0.15) is 40.7 Å². The Bertz CT molecular complexity index is 630. The van der Waals surface area contributed by atoms with Crippen molar-refractivity contribution >= 4 is 5.91 Å². The highest BCUT2D eigenvalue weighted by Gasteiger charge is 2.07. The Labute approximate surface area is 131 Å². The lowest BCUT2D eigenvalue weighted by atomic mass is 10.1. The molecule has 0 aliphatic rings. The molecule has 0 aliphatic heterocycles. The monoisotopic (exact) mass is 301 g/mol. The summed E-state index contributed by atoms with van der Waals surface area (Å²) in [5, 5.41) is 16.4. The number of aliphatic hydroxyl groups excluding tert-OH is 1. The summed E-state index contributed by atoms with van der Waals surface area (Å²) in [5.74, 6) is -0.113. The number of hydrogen-bond acceptors (Lipinski definition) is 3. The van der Waals surface area contributed by atoms with Gasteiger partial charge in [0, 0.05) is 17.8 Å². The topological polar surface area (TPSA) is 67.2 Å². The third kappa shape index (κ3) is 4.43. The zero-order valence-electron chi connectivity index (χ0n) is 13.3. The normalized spacial score (nSPS) is 12.2. The van der Waals surface area contributed by atoms with Gasteiger partial charge in [-0.1, -0.05) is 12.1 Å². The predicted molar refractivity (Wildman–Crippen MR) is 85.9 cm³/mol. The van der Waals surface area contributed by atoms with Crippen LogP contribution in [0.2, 0.25) is 0 Å². The second-order valence-corrected chi connectivity index (χ2v) is 5.68. The smallest absolute Gasteiger partial charge is 0.251 e. The van der Waals surface area contributed by atoms with Gasteiger partial charge in [-0.25, -0.2) is 0 Å². The third-order valence-electron chi connectivity index (χ3n) is 3.50. The summed E-state index contributed by atoms with van der Waals surface area (Å²) in [5.41, 5.74) is 3.86. The largest absolute Gasteiger partial charge is 0.393 e. The van der Waals surface area contributed by atoms with Crippen molar-refractivity contribution in [2.45, 2.75) is 39.8 Å². The molecule has 0 fully saturated rings. The fourth-order valence-corrected chi connectivity index (χ4v) is 2.27. The van der Waals surface area contributed by atoms with Crippen molar-refractivity contribution in [3.63, 3.8) is 0 Å². The quantitative estimate of drug-likeness (QED) is 0.858. The Balaban J connectivity index is 1.95. The van der Waals surface area contributed by atoms with Gasteiger partial charge in [-0.05, 0) is 51.0 Å². The molecule has 22 heavy (non-hydrogen) atoms.